The first-order valence-electron chi connectivity index (χ1n) is 7.25. The number of hydrogen-bond donors (Lipinski definition) is 1. The lowest BCUT2D eigenvalue weighted by Crippen LogP contribution is -2.08. The lowest BCUT2D eigenvalue weighted by molar-refractivity contribution is 0.0592. The first-order chi connectivity index (χ1) is 11.2. The standard InChI is InChI=1S/C15H13ClFN5O/c16-9-3-1-4-10(7-9)19-13-12-14(21-15(17)20-13)22(8-18-12)11-5-2-6-23-11/h1,3-4,7-8,11H,2,5-6H2,(H,19,20,21). The van der Waals surface area contributed by atoms with E-state index in [1.807, 2.05) is 6.07 Å². The Labute approximate surface area is 136 Å². The maximum absolute atomic E-state index is 13.9. The van der Waals surface area contributed by atoms with Gasteiger partial charge in [0.05, 0.1) is 6.33 Å². The fraction of sp³-hybridized carbons (Fsp3) is 0.267. The summed E-state index contributed by atoms with van der Waals surface area (Å²) in [6.45, 7) is 0.686. The van der Waals surface area contributed by atoms with Gasteiger partial charge in [-0.25, -0.2) is 4.98 Å². The summed E-state index contributed by atoms with van der Waals surface area (Å²) >= 11 is 5.97. The van der Waals surface area contributed by atoms with Crippen molar-refractivity contribution in [2.45, 2.75) is 19.1 Å². The van der Waals surface area contributed by atoms with Crippen molar-refractivity contribution in [1.29, 1.82) is 0 Å². The minimum absolute atomic E-state index is 0.159. The Morgan fingerprint density at radius 3 is 3.04 bits per heavy atom. The zero-order chi connectivity index (χ0) is 15.8. The van der Waals surface area contributed by atoms with Crippen molar-refractivity contribution in [3.05, 3.63) is 41.7 Å². The van der Waals surface area contributed by atoms with Crippen LogP contribution in [0.2, 0.25) is 5.02 Å². The lowest BCUT2D eigenvalue weighted by atomic mass is 10.3. The number of rotatable bonds is 3. The molecule has 0 radical (unpaired) electrons. The van der Waals surface area contributed by atoms with Gasteiger partial charge in [0, 0.05) is 17.3 Å². The summed E-state index contributed by atoms with van der Waals surface area (Å²) in [5.74, 6) is 0.298. The summed E-state index contributed by atoms with van der Waals surface area (Å²) in [6, 6.07) is 7.10. The molecule has 1 aromatic carbocycles. The Hall–Kier alpha value is -2.25. The molecule has 0 aliphatic carbocycles. The molecule has 6 nitrogen and oxygen atoms in total. The summed E-state index contributed by atoms with van der Waals surface area (Å²) in [4.78, 5) is 12.0. The third-order valence-electron chi connectivity index (χ3n) is 3.70. The van der Waals surface area contributed by atoms with Crippen molar-refractivity contribution in [1.82, 2.24) is 19.5 Å². The Morgan fingerprint density at radius 2 is 2.26 bits per heavy atom. The van der Waals surface area contributed by atoms with Crippen molar-refractivity contribution in [2.24, 2.45) is 0 Å². The molecule has 1 unspecified atom stereocenters. The molecule has 0 spiro atoms. The van der Waals surface area contributed by atoms with Crippen LogP contribution in [0.3, 0.4) is 0 Å². The molecule has 118 valence electrons. The molecule has 1 aliphatic rings. The van der Waals surface area contributed by atoms with Crippen molar-refractivity contribution >= 4 is 34.3 Å². The van der Waals surface area contributed by atoms with E-state index in [9.17, 15) is 4.39 Å². The maximum Gasteiger partial charge on any atom is 0.312 e. The molecular weight excluding hydrogens is 321 g/mol. The average molecular weight is 334 g/mol. The number of ether oxygens (including phenoxy) is 1. The van der Waals surface area contributed by atoms with E-state index < -0.39 is 6.08 Å². The number of fused-ring (bicyclic) bond motifs is 1. The minimum atomic E-state index is -0.818. The highest BCUT2D eigenvalue weighted by molar-refractivity contribution is 6.30. The molecule has 1 atom stereocenters. The first kappa shape index (κ1) is 14.3. The highest BCUT2D eigenvalue weighted by Gasteiger charge is 2.22. The number of benzene rings is 1. The van der Waals surface area contributed by atoms with Crippen LogP contribution in [0.25, 0.3) is 11.2 Å². The second-order valence-electron chi connectivity index (χ2n) is 5.27. The third-order valence-corrected chi connectivity index (χ3v) is 3.93. The largest absolute Gasteiger partial charge is 0.358 e. The molecular formula is C15H13ClFN5O. The average Bonchev–Trinajstić information content (AvgIpc) is 3.15. The van der Waals surface area contributed by atoms with E-state index in [-0.39, 0.29) is 6.23 Å². The quantitative estimate of drug-likeness (QED) is 0.741. The summed E-state index contributed by atoms with van der Waals surface area (Å²) < 4.78 is 21.2. The van der Waals surface area contributed by atoms with Gasteiger partial charge in [0.2, 0.25) is 0 Å². The van der Waals surface area contributed by atoms with Crippen LogP contribution in [-0.2, 0) is 4.74 Å². The zero-order valence-electron chi connectivity index (χ0n) is 12.0. The number of nitrogens with one attached hydrogen (secondary N) is 1. The van der Waals surface area contributed by atoms with Gasteiger partial charge in [-0.05, 0) is 31.0 Å². The molecule has 1 fully saturated rings. The van der Waals surface area contributed by atoms with Gasteiger partial charge in [-0.1, -0.05) is 17.7 Å². The number of nitrogens with zero attached hydrogens (tertiary/aromatic N) is 4. The van der Waals surface area contributed by atoms with Gasteiger partial charge in [-0.3, -0.25) is 4.57 Å². The molecule has 3 heterocycles. The maximum atomic E-state index is 13.9. The predicted octanol–water partition coefficient (Wildman–Crippen LogP) is 3.67. The van der Waals surface area contributed by atoms with Gasteiger partial charge in [0.1, 0.15) is 6.23 Å². The highest BCUT2D eigenvalue weighted by Crippen LogP contribution is 2.29. The molecule has 0 bridgehead atoms. The van der Waals surface area contributed by atoms with E-state index in [1.54, 1.807) is 29.1 Å². The van der Waals surface area contributed by atoms with E-state index in [0.717, 1.165) is 12.8 Å². The first-order valence-corrected chi connectivity index (χ1v) is 7.63. The van der Waals surface area contributed by atoms with E-state index in [4.69, 9.17) is 16.3 Å². The Kier molecular flexibility index (Phi) is 3.59. The Bertz CT molecular complexity index is 862. The molecule has 4 rings (SSSR count). The minimum Gasteiger partial charge on any atom is -0.358 e. The highest BCUT2D eigenvalue weighted by atomic mass is 35.5. The van der Waals surface area contributed by atoms with E-state index >= 15 is 0 Å². The van der Waals surface area contributed by atoms with Crippen molar-refractivity contribution in [2.75, 3.05) is 11.9 Å². The van der Waals surface area contributed by atoms with Gasteiger partial charge in [0.15, 0.2) is 17.0 Å². The predicted molar refractivity (Wildman–Crippen MR) is 84.2 cm³/mol. The topological polar surface area (TPSA) is 64.9 Å². The molecule has 2 aromatic heterocycles. The summed E-state index contributed by atoms with van der Waals surface area (Å²) in [6.07, 6.45) is 2.45. The third kappa shape index (κ3) is 2.73. The molecule has 0 saturated carbocycles. The van der Waals surface area contributed by atoms with Crippen LogP contribution in [0.15, 0.2) is 30.6 Å². The number of anilines is 2. The normalized spacial score (nSPS) is 17.7. The van der Waals surface area contributed by atoms with Crippen molar-refractivity contribution in [3.63, 3.8) is 0 Å². The SMILES string of the molecule is Fc1nc(Nc2cccc(Cl)c2)c2ncn(C3CCCO3)c2n1. The molecule has 1 N–H and O–H groups in total. The van der Waals surface area contributed by atoms with E-state index in [2.05, 4.69) is 20.3 Å². The Morgan fingerprint density at radius 1 is 1.35 bits per heavy atom. The second kappa shape index (κ2) is 5.75. The van der Waals surface area contributed by atoms with Crippen LogP contribution in [0, 0.1) is 6.08 Å². The van der Waals surface area contributed by atoms with Crippen LogP contribution in [0.1, 0.15) is 19.1 Å². The molecule has 1 aliphatic heterocycles. The van der Waals surface area contributed by atoms with Crippen LogP contribution in [0.5, 0.6) is 0 Å². The fourth-order valence-electron chi connectivity index (χ4n) is 2.67. The Balaban J connectivity index is 1.77. The molecule has 8 heteroatoms. The van der Waals surface area contributed by atoms with Gasteiger partial charge >= 0.3 is 6.08 Å². The number of halogens is 2. The van der Waals surface area contributed by atoms with Gasteiger partial charge in [-0.2, -0.15) is 14.4 Å². The van der Waals surface area contributed by atoms with Crippen LogP contribution in [0.4, 0.5) is 15.9 Å². The molecule has 1 saturated heterocycles. The van der Waals surface area contributed by atoms with Gasteiger partial charge in [-0.15, -0.1) is 0 Å². The van der Waals surface area contributed by atoms with E-state index in [1.165, 1.54) is 0 Å². The lowest BCUT2D eigenvalue weighted by Gasteiger charge is -2.12. The van der Waals surface area contributed by atoms with Gasteiger partial charge < -0.3 is 10.1 Å². The molecule has 3 aromatic rings. The summed E-state index contributed by atoms with van der Waals surface area (Å²) in [5.41, 5.74) is 1.60. The van der Waals surface area contributed by atoms with Gasteiger partial charge in [0.25, 0.3) is 0 Å². The van der Waals surface area contributed by atoms with Crippen LogP contribution >= 0.6 is 11.6 Å². The second-order valence-corrected chi connectivity index (χ2v) is 5.70. The summed E-state index contributed by atoms with van der Waals surface area (Å²) in [5, 5.41) is 3.61. The molecule has 0 amide bonds. The fourth-order valence-corrected chi connectivity index (χ4v) is 2.86. The number of hydrogen-bond acceptors (Lipinski definition) is 5. The monoisotopic (exact) mass is 333 g/mol. The summed E-state index contributed by atoms with van der Waals surface area (Å²) in [7, 11) is 0. The number of imidazole rings is 1. The van der Waals surface area contributed by atoms with Crippen LogP contribution < -0.4 is 5.32 Å². The van der Waals surface area contributed by atoms with Crippen LogP contribution in [-0.4, -0.2) is 26.1 Å². The number of aromatic nitrogens is 4. The zero-order valence-corrected chi connectivity index (χ0v) is 12.8. The van der Waals surface area contributed by atoms with E-state index in [0.29, 0.717) is 34.3 Å². The molecule has 23 heavy (non-hydrogen) atoms. The smallest absolute Gasteiger partial charge is 0.312 e. The van der Waals surface area contributed by atoms with Crippen molar-refractivity contribution in [3.8, 4) is 0 Å². The van der Waals surface area contributed by atoms with Crippen molar-refractivity contribution < 1.29 is 9.13 Å².